The van der Waals surface area contributed by atoms with Crippen LogP contribution in [0.2, 0.25) is 0 Å². The van der Waals surface area contributed by atoms with Gasteiger partial charge in [0.2, 0.25) is 5.91 Å². The molecule has 0 bridgehead atoms. The van der Waals surface area contributed by atoms with Crippen molar-refractivity contribution in [3.63, 3.8) is 0 Å². The Morgan fingerprint density at radius 2 is 1.93 bits per heavy atom. The van der Waals surface area contributed by atoms with Crippen molar-refractivity contribution in [2.45, 2.75) is 52.1 Å². The molecule has 3 heteroatoms. The van der Waals surface area contributed by atoms with Gasteiger partial charge in [0.15, 0.2) is 0 Å². The van der Waals surface area contributed by atoms with Crippen LogP contribution in [0.25, 0.3) is 0 Å². The molecular weight excluding hydrogens is 188 g/mol. The molecule has 1 aliphatic heterocycles. The van der Waals surface area contributed by atoms with Gasteiger partial charge < -0.3 is 5.32 Å². The van der Waals surface area contributed by atoms with E-state index in [9.17, 15) is 4.79 Å². The average molecular weight is 210 g/mol. The van der Waals surface area contributed by atoms with E-state index in [4.69, 9.17) is 0 Å². The lowest BCUT2D eigenvalue weighted by atomic mass is 9.95. The molecule has 0 spiro atoms. The smallest absolute Gasteiger partial charge is 0.225 e. The van der Waals surface area contributed by atoms with Gasteiger partial charge in [0.1, 0.15) is 0 Å². The van der Waals surface area contributed by atoms with Gasteiger partial charge in [-0.15, -0.1) is 0 Å². The Labute approximate surface area is 92.2 Å². The summed E-state index contributed by atoms with van der Waals surface area (Å²) in [6.45, 7) is 8.13. The van der Waals surface area contributed by atoms with Crippen molar-refractivity contribution in [3.05, 3.63) is 0 Å². The molecule has 1 aliphatic carbocycles. The van der Waals surface area contributed by atoms with Gasteiger partial charge in [0.05, 0.1) is 0 Å². The third kappa shape index (κ3) is 2.71. The van der Waals surface area contributed by atoms with Crippen molar-refractivity contribution in [2.24, 2.45) is 5.41 Å². The molecule has 2 aliphatic rings. The largest absolute Gasteiger partial charge is 0.352 e. The fourth-order valence-electron chi connectivity index (χ4n) is 2.08. The highest BCUT2D eigenvalue weighted by atomic mass is 16.2. The van der Waals surface area contributed by atoms with Crippen molar-refractivity contribution in [2.75, 3.05) is 13.1 Å². The van der Waals surface area contributed by atoms with E-state index in [2.05, 4.69) is 10.2 Å². The number of amides is 1. The van der Waals surface area contributed by atoms with E-state index in [1.54, 1.807) is 0 Å². The fraction of sp³-hybridized carbons (Fsp3) is 0.917. The van der Waals surface area contributed by atoms with Crippen LogP contribution in [0, 0.1) is 5.41 Å². The molecular formula is C12H22N2O. The summed E-state index contributed by atoms with van der Waals surface area (Å²) in [5.74, 6) is 0.185. The minimum absolute atomic E-state index is 0.185. The summed E-state index contributed by atoms with van der Waals surface area (Å²) >= 11 is 0. The fourth-order valence-corrected chi connectivity index (χ4v) is 2.08. The first-order valence-corrected chi connectivity index (χ1v) is 6.02. The SMILES string of the molecule is CC(C)(C)C(=O)NC1CCN(C2CC2)C1. The predicted molar refractivity (Wildman–Crippen MR) is 60.6 cm³/mol. The molecule has 0 aromatic carbocycles. The minimum Gasteiger partial charge on any atom is -0.352 e. The van der Waals surface area contributed by atoms with Crippen LogP contribution in [0.3, 0.4) is 0 Å². The molecule has 0 aromatic heterocycles. The maximum atomic E-state index is 11.8. The number of carbonyl (C=O) groups is 1. The zero-order chi connectivity index (χ0) is 11.1. The number of hydrogen-bond donors (Lipinski definition) is 1. The van der Waals surface area contributed by atoms with Crippen LogP contribution in [0.5, 0.6) is 0 Å². The van der Waals surface area contributed by atoms with Gasteiger partial charge in [0, 0.05) is 30.6 Å². The number of nitrogens with zero attached hydrogens (tertiary/aromatic N) is 1. The Kier molecular flexibility index (Phi) is 2.75. The van der Waals surface area contributed by atoms with Gasteiger partial charge in [-0.3, -0.25) is 9.69 Å². The average Bonchev–Trinajstić information content (AvgIpc) is 2.87. The number of carbonyl (C=O) groups excluding carboxylic acids is 1. The topological polar surface area (TPSA) is 32.3 Å². The first-order chi connectivity index (χ1) is 6.97. The van der Waals surface area contributed by atoms with Crippen molar-refractivity contribution >= 4 is 5.91 Å². The maximum absolute atomic E-state index is 11.8. The quantitative estimate of drug-likeness (QED) is 0.747. The molecule has 1 saturated carbocycles. The van der Waals surface area contributed by atoms with E-state index in [0.717, 1.165) is 19.0 Å². The normalized spacial score (nSPS) is 28.1. The van der Waals surface area contributed by atoms with Gasteiger partial charge >= 0.3 is 0 Å². The van der Waals surface area contributed by atoms with Gasteiger partial charge in [-0.1, -0.05) is 20.8 Å². The highest BCUT2D eigenvalue weighted by Gasteiger charge is 2.35. The summed E-state index contributed by atoms with van der Waals surface area (Å²) in [7, 11) is 0. The second-order valence-corrected chi connectivity index (χ2v) is 5.94. The van der Waals surface area contributed by atoms with Gasteiger partial charge in [0.25, 0.3) is 0 Å². The molecule has 2 fully saturated rings. The molecule has 0 aromatic rings. The van der Waals surface area contributed by atoms with Gasteiger partial charge in [-0.2, -0.15) is 0 Å². The Morgan fingerprint density at radius 1 is 1.27 bits per heavy atom. The van der Waals surface area contributed by atoms with Crippen LogP contribution in [-0.4, -0.2) is 36.0 Å². The van der Waals surface area contributed by atoms with Crippen LogP contribution in [-0.2, 0) is 4.79 Å². The van der Waals surface area contributed by atoms with E-state index < -0.39 is 0 Å². The molecule has 0 radical (unpaired) electrons. The Morgan fingerprint density at radius 3 is 2.47 bits per heavy atom. The summed E-state index contributed by atoms with van der Waals surface area (Å²) in [4.78, 5) is 14.3. The summed E-state index contributed by atoms with van der Waals surface area (Å²) in [5.41, 5.74) is -0.257. The lowest BCUT2D eigenvalue weighted by Crippen LogP contribution is -2.43. The highest BCUT2D eigenvalue weighted by Crippen LogP contribution is 2.30. The predicted octanol–water partition coefficient (Wildman–Crippen LogP) is 1.39. The van der Waals surface area contributed by atoms with Crippen LogP contribution in [0.15, 0.2) is 0 Å². The van der Waals surface area contributed by atoms with E-state index >= 15 is 0 Å². The second-order valence-electron chi connectivity index (χ2n) is 5.94. The van der Waals surface area contributed by atoms with Crippen LogP contribution in [0.4, 0.5) is 0 Å². The molecule has 2 rings (SSSR count). The van der Waals surface area contributed by atoms with Crippen molar-refractivity contribution in [1.29, 1.82) is 0 Å². The summed E-state index contributed by atoms with van der Waals surface area (Å²) in [5, 5.41) is 3.15. The molecule has 1 heterocycles. The number of hydrogen-bond acceptors (Lipinski definition) is 2. The lowest BCUT2D eigenvalue weighted by molar-refractivity contribution is -0.129. The molecule has 1 N–H and O–H groups in total. The monoisotopic (exact) mass is 210 g/mol. The minimum atomic E-state index is -0.257. The first-order valence-electron chi connectivity index (χ1n) is 6.02. The van der Waals surface area contributed by atoms with Crippen LogP contribution in [0.1, 0.15) is 40.0 Å². The van der Waals surface area contributed by atoms with Crippen molar-refractivity contribution in [3.8, 4) is 0 Å². The Balaban J connectivity index is 1.79. The zero-order valence-corrected chi connectivity index (χ0v) is 10.0. The van der Waals surface area contributed by atoms with Crippen molar-refractivity contribution < 1.29 is 4.79 Å². The molecule has 1 amide bonds. The Hall–Kier alpha value is -0.570. The van der Waals surface area contributed by atoms with E-state index in [1.807, 2.05) is 20.8 Å². The highest BCUT2D eigenvalue weighted by molar-refractivity contribution is 5.81. The lowest BCUT2D eigenvalue weighted by Gasteiger charge is -2.22. The van der Waals surface area contributed by atoms with Gasteiger partial charge in [-0.05, 0) is 19.3 Å². The van der Waals surface area contributed by atoms with Crippen LogP contribution >= 0.6 is 0 Å². The molecule has 15 heavy (non-hydrogen) atoms. The maximum Gasteiger partial charge on any atom is 0.225 e. The summed E-state index contributed by atoms with van der Waals surface area (Å²) in [6.07, 6.45) is 3.85. The first kappa shape index (κ1) is 10.9. The number of nitrogens with one attached hydrogen (secondary N) is 1. The van der Waals surface area contributed by atoms with E-state index in [-0.39, 0.29) is 11.3 Å². The van der Waals surface area contributed by atoms with Crippen LogP contribution < -0.4 is 5.32 Å². The molecule has 3 nitrogen and oxygen atoms in total. The zero-order valence-electron chi connectivity index (χ0n) is 10.0. The molecule has 1 unspecified atom stereocenters. The number of likely N-dealkylation sites (tertiary alicyclic amines) is 1. The second kappa shape index (κ2) is 3.78. The van der Waals surface area contributed by atoms with Crippen molar-refractivity contribution in [1.82, 2.24) is 10.2 Å². The Bertz CT molecular complexity index is 253. The van der Waals surface area contributed by atoms with E-state index in [0.29, 0.717) is 6.04 Å². The van der Waals surface area contributed by atoms with Gasteiger partial charge in [-0.25, -0.2) is 0 Å². The summed E-state index contributed by atoms with van der Waals surface area (Å²) < 4.78 is 0. The molecule has 86 valence electrons. The van der Waals surface area contributed by atoms with E-state index in [1.165, 1.54) is 19.4 Å². The summed E-state index contributed by atoms with van der Waals surface area (Å²) in [6, 6.07) is 1.22. The third-order valence-electron chi connectivity index (χ3n) is 3.30. The standard InChI is InChI=1S/C12H22N2O/c1-12(2,3)11(15)13-9-6-7-14(8-9)10-4-5-10/h9-10H,4-8H2,1-3H3,(H,13,15). The molecule has 1 atom stereocenters. The third-order valence-corrected chi connectivity index (χ3v) is 3.30. The molecule has 1 saturated heterocycles. The number of rotatable bonds is 2.